The Labute approximate surface area is 350 Å². The van der Waals surface area contributed by atoms with Gasteiger partial charge in [-0.05, 0) is 89.5 Å². The fourth-order valence-corrected chi connectivity index (χ4v) is 7.75. The summed E-state index contributed by atoms with van der Waals surface area (Å²) in [6.45, 7) is 7.03. The van der Waals surface area contributed by atoms with Crippen LogP contribution < -0.4 is 9.80 Å². The fourth-order valence-electron chi connectivity index (χ4n) is 7.75. The highest BCUT2D eigenvalue weighted by atomic mass is 19.3. The highest BCUT2D eigenvalue weighted by Gasteiger charge is 2.58. The molecular weight excluding hydrogens is 789 g/mol. The van der Waals surface area contributed by atoms with Crippen molar-refractivity contribution in [2.24, 2.45) is 0 Å². The van der Waals surface area contributed by atoms with Gasteiger partial charge in [-0.2, -0.15) is 13.9 Å². The molecule has 61 heavy (non-hydrogen) atoms. The molecule has 16 heteroatoms. The summed E-state index contributed by atoms with van der Waals surface area (Å²) < 4.78 is 70.0. The number of pyridine rings is 1. The SMILES string of the molecule is CCC(C(C)OCc1ccccc1)n1cnc(-c2ccc(N3CCN(c4ccc(-c5ccc(C(F)(F)C(O)(Cn6cnnn6)c6ccc(F)cc6F)nc5)cc4)CC3)cc2)n1. The molecule has 0 bridgehead atoms. The summed E-state index contributed by atoms with van der Waals surface area (Å²) in [6, 6.07) is 30.8. The van der Waals surface area contributed by atoms with Gasteiger partial charge in [0.05, 0.1) is 25.3 Å². The summed E-state index contributed by atoms with van der Waals surface area (Å²) in [4.78, 5) is 13.3. The van der Waals surface area contributed by atoms with Crippen LogP contribution in [0.5, 0.6) is 0 Å². The summed E-state index contributed by atoms with van der Waals surface area (Å²) in [7, 11) is 0. The zero-order chi connectivity index (χ0) is 42.6. The fraction of sp³-hybridized carbons (Fsp3) is 0.289. The van der Waals surface area contributed by atoms with Crippen LogP contribution in [0.15, 0.2) is 128 Å². The summed E-state index contributed by atoms with van der Waals surface area (Å²) in [6.07, 6.45) is 4.87. The number of piperazine rings is 1. The molecule has 314 valence electrons. The van der Waals surface area contributed by atoms with E-state index in [4.69, 9.17) is 9.84 Å². The lowest BCUT2D eigenvalue weighted by Crippen LogP contribution is -2.48. The van der Waals surface area contributed by atoms with Gasteiger partial charge in [0, 0.05) is 66.5 Å². The van der Waals surface area contributed by atoms with E-state index in [2.05, 4.69) is 85.5 Å². The van der Waals surface area contributed by atoms with Gasteiger partial charge in [0.25, 0.3) is 0 Å². The minimum Gasteiger partial charge on any atom is -0.377 e. The predicted octanol–water partition coefficient (Wildman–Crippen LogP) is 7.83. The second kappa shape index (κ2) is 17.6. The van der Waals surface area contributed by atoms with Crippen LogP contribution in [-0.4, -0.2) is 77.3 Å². The van der Waals surface area contributed by atoms with E-state index in [1.54, 1.807) is 6.33 Å². The number of halogens is 4. The summed E-state index contributed by atoms with van der Waals surface area (Å²) >= 11 is 0. The number of aliphatic hydroxyl groups is 1. The van der Waals surface area contributed by atoms with E-state index in [-0.39, 0.29) is 12.1 Å². The molecule has 1 N–H and O–H groups in total. The van der Waals surface area contributed by atoms with Crippen molar-refractivity contribution < 1.29 is 27.4 Å². The van der Waals surface area contributed by atoms with Crippen LogP contribution in [0, 0.1) is 11.6 Å². The summed E-state index contributed by atoms with van der Waals surface area (Å²) in [5.41, 5.74) is 0.653. The summed E-state index contributed by atoms with van der Waals surface area (Å²) in [5.74, 6) is -5.82. The highest BCUT2D eigenvalue weighted by Crippen LogP contribution is 2.47. The molecular formula is C45H44F4N10O2. The molecule has 1 saturated heterocycles. The van der Waals surface area contributed by atoms with Crippen LogP contribution in [0.2, 0.25) is 0 Å². The summed E-state index contributed by atoms with van der Waals surface area (Å²) in [5, 5.41) is 26.7. The maximum atomic E-state index is 16.2. The van der Waals surface area contributed by atoms with Gasteiger partial charge in [0.15, 0.2) is 11.4 Å². The van der Waals surface area contributed by atoms with E-state index in [1.807, 2.05) is 47.1 Å². The van der Waals surface area contributed by atoms with E-state index in [0.29, 0.717) is 24.1 Å². The number of anilines is 2. The van der Waals surface area contributed by atoms with Crippen molar-refractivity contribution in [1.29, 1.82) is 0 Å². The molecule has 3 aromatic heterocycles. The third-order valence-corrected chi connectivity index (χ3v) is 11.3. The van der Waals surface area contributed by atoms with Crippen molar-refractivity contribution in [2.75, 3.05) is 36.0 Å². The Morgan fingerprint density at radius 1 is 0.770 bits per heavy atom. The third kappa shape index (κ3) is 8.72. The predicted molar refractivity (Wildman–Crippen MR) is 222 cm³/mol. The first-order chi connectivity index (χ1) is 29.5. The van der Waals surface area contributed by atoms with Crippen molar-refractivity contribution in [2.45, 2.75) is 57.1 Å². The van der Waals surface area contributed by atoms with E-state index >= 15 is 8.78 Å². The number of benzene rings is 4. The molecule has 0 aliphatic carbocycles. The zero-order valence-corrected chi connectivity index (χ0v) is 33.6. The second-order valence-electron chi connectivity index (χ2n) is 15.1. The first-order valence-corrected chi connectivity index (χ1v) is 20.0. The number of aromatic nitrogens is 8. The number of alkyl halides is 2. The Balaban J connectivity index is 0.875. The van der Waals surface area contributed by atoms with Crippen molar-refractivity contribution in [3.63, 3.8) is 0 Å². The molecule has 3 atom stereocenters. The molecule has 8 rings (SSSR count). The molecule has 1 aliphatic heterocycles. The molecule has 0 spiro atoms. The largest absolute Gasteiger partial charge is 0.377 e. The number of rotatable bonds is 15. The number of tetrazole rings is 1. The maximum Gasteiger partial charge on any atom is 0.323 e. The van der Waals surface area contributed by atoms with Gasteiger partial charge in [0.1, 0.15) is 30.0 Å². The number of hydrogen-bond acceptors (Lipinski definition) is 10. The molecule has 0 radical (unpaired) electrons. The van der Waals surface area contributed by atoms with E-state index < -0.39 is 41.0 Å². The molecule has 4 aromatic carbocycles. The zero-order valence-electron chi connectivity index (χ0n) is 33.6. The average Bonchev–Trinajstić information content (AvgIpc) is 4.00. The molecule has 4 heterocycles. The molecule has 1 fully saturated rings. The smallest absolute Gasteiger partial charge is 0.323 e. The van der Waals surface area contributed by atoms with Gasteiger partial charge in [-0.1, -0.05) is 55.5 Å². The molecule has 7 aromatic rings. The maximum absolute atomic E-state index is 16.2. The number of ether oxygens (including phenoxy) is 1. The van der Waals surface area contributed by atoms with Crippen LogP contribution in [0.3, 0.4) is 0 Å². The molecule has 1 aliphatic rings. The van der Waals surface area contributed by atoms with Crippen LogP contribution in [0.25, 0.3) is 22.5 Å². The van der Waals surface area contributed by atoms with Gasteiger partial charge in [0.2, 0.25) is 0 Å². The lowest BCUT2D eigenvalue weighted by Gasteiger charge is -2.37. The molecule has 0 amide bonds. The Morgan fingerprint density at radius 3 is 2.02 bits per heavy atom. The first kappa shape index (κ1) is 41.2. The monoisotopic (exact) mass is 832 g/mol. The van der Waals surface area contributed by atoms with Gasteiger partial charge in [-0.3, -0.25) is 4.98 Å². The first-order valence-electron chi connectivity index (χ1n) is 20.0. The van der Waals surface area contributed by atoms with E-state index in [1.165, 1.54) is 12.3 Å². The normalized spacial score (nSPS) is 15.4. The standard InChI is InChI=1S/C45H44F4N10O2/c1-3-41(31(2)61-27-32-7-5-4-6-8-32)59-29-51-43(53-59)34-11-17-38(18-12-34)57-23-21-56(22-24-57)37-15-9-33(10-16-37)35-13-20-42(50-26-35)45(48,49)44(60,28-58-30-52-54-55-58)39-19-14-36(46)25-40(39)47/h4-20,25-26,29-31,41,60H,3,21-24,27-28H2,1-2H3. The van der Waals surface area contributed by atoms with Crippen molar-refractivity contribution in [3.8, 4) is 22.5 Å². The quantitative estimate of drug-likeness (QED) is 0.102. The van der Waals surface area contributed by atoms with Crippen LogP contribution in [0.4, 0.5) is 28.9 Å². The molecule has 0 saturated carbocycles. The van der Waals surface area contributed by atoms with Crippen molar-refractivity contribution in [3.05, 3.63) is 157 Å². The average molecular weight is 833 g/mol. The van der Waals surface area contributed by atoms with Gasteiger partial charge in [-0.25, -0.2) is 23.1 Å². The third-order valence-electron chi connectivity index (χ3n) is 11.3. The molecule has 3 unspecified atom stereocenters. The van der Waals surface area contributed by atoms with E-state index in [0.717, 1.165) is 89.9 Å². The van der Waals surface area contributed by atoms with Crippen molar-refractivity contribution in [1.82, 2.24) is 40.0 Å². The Hall–Kier alpha value is -6.52. The van der Waals surface area contributed by atoms with Crippen LogP contribution in [-0.2, 0) is 29.4 Å². The van der Waals surface area contributed by atoms with Gasteiger partial charge in [-0.15, -0.1) is 5.10 Å². The highest BCUT2D eigenvalue weighted by molar-refractivity contribution is 5.66. The van der Waals surface area contributed by atoms with Gasteiger partial charge >= 0.3 is 5.92 Å². The lowest BCUT2D eigenvalue weighted by molar-refractivity contribution is -0.207. The topological polar surface area (TPSA) is 123 Å². The van der Waals surface area contributed by atoms with Gasteiger partial charge < -0.3 is 19.6 Å². The number of nitrogens with zero attached hydrogens (tertiary/aromatic N) is 10. The van der Waals surface area contributed by atoms with Crippen molar-refractivity contribution >= 4 is 11.4 Å². The Bertz CT molecular complexity index is 2500. The Kier molecular flexibility index (Phi) is 11.9. The van der Waals surface area contributed by atoms with E-state index in [9.17, 15) is 13.9 Å². The second-order valence-corrected chi connectivity index (χ2v) is 15.1. The van der Waals surface area contributed by atoms with Crippen LogP contribution in [0.1, 0.15) is 43.1 Å². The minimum atomic E-state index is -4.15. The molecule has 12 nitrogen and oxygen atoms in total. The number of hydrogen-bond donors (Lipinski definition) is 1. The Morgan fingerprint density at radius 2 is 1.43 bits per heavy atom. The minimum absolute atomic E-state index is 0.0462. The van der Waals surface area contributed by atoms with Crippen LogP contribution >= 0.6 is 0 Å². The lowest BCUT2D eigenvalue weighted by atomic mass is 9.84.